The first-order valence-electron chi connectivity index (χ1n) is 6.30. The molecule has 1 saturated heterocycles. The van der Waals surface area contributed by atoms with Crippen LogP contribution >= 0.6 is 11.8 Å². The Morgan fingerprint density at radius 1 is 1.33 bits per heavy atom. The highest BCUT2D eigenvalue weighted by Gasteiger charge is 2.30. The number of hydrogen-bond acceptors (Lipinski definition) is 3. The molecule has 1 aliphatic carbocycles. The van der Waals surface area contributed by atoms with Gasteiger partial charge in [0.2, 0.25) is 0 Å². The third-order valence-electron chi connectivity index (χ3n) is 3.95. The van der Waals surface area contributed by atoms with Gasteiger partial charge in [-0.2, -0.15) is 11.8 Å². The topological polar surface area (TPSA) is 15.3 Å². The van der Waals surface area contributed by atoms with Crippen LogP contribution in [0.5, 0.6) is 0 Å². The second-order valence-electron chi connectivity index (χ2n) is 4.97. The molecule has 0 amide bonds. The molecule has 2 nitrogen and oxygen atoms in total. The molecule has 0 radical (unpaired) electrons. The minimum absolute atomic E-state index is 0.740. The maximum absolute atomic E-state index is 3.48. The van der Waals surface area contributed by atoms with E-state index in [0.29, 0.717) is 0 Å². The highest BCUT2D eigenvalue weighted by molar-refractivity contribution is 7.99. The van der Waals surface area contributed by atoms with Crippen molar-refractivity contribution in [3.63, 3.8) is 0 Å². The fraction of sp³-hybridized carbons (Fsp3) is 1.00. The molecule has 2 rings (SSSR count). The largest absolute Gasteiger partial charge is 0.314 e. The van der Waals surface area contributed by atoms with Crippen molar-refractivity contribution in [1.29, 1.82) is 0 Å². The van der Waals surface area contributed by atoms with Crippen molar-refractivity contribution >= 4 is 11.8 Å². The minimum Gasteiger partial charge on any atom is -0.314 e. The minimum atomic E-state index is 0.740. The van der Waals surface area contributed by atoms with Crippen molar-refractivity contribution in [3.05, 3.63) is 0 Å². The van der Waals surface area contributed by atoms with Crippen molar-refractivity contribution in [3.8, 4) is 0 Å². The summed E-state index contributed by atoms with van der Waals surface area (Å²) in [6, 6.07) is 1.61. The van der Waals surface area contributed by atoms with Crippen LogP contribution in [0.25, 0.3) is 0 Å². The fourth-order valence-electron chi connectivity index (χ4n) is 3.03. The quantitative estimate of drug-likeness (QED) is 0.778. The van der Waals surface area contributed by atoms with Crippen LogP contribution in [0, 0.1) is 0 Å². The lowest BCUT2D eigenvalue weighted by Gasteiger charge is -2.43. The smallest absolute Gasteiger partial charge is 0.0195 e. The van der Waals surface area contributed by atoms with Gasteiger partial charge in [-0.25, -0.2) is 0 Å². The summed E-state index contributed by atoms with van der Waals surface area (Å²) in [7, 11) is 0. The molecule has 3 heteroatoms. The predicted octanol–water partition coefficient (Wildman–Crippen LogP) is 1.95. The van der Waals surface area contributed by atoms with E-state index in [2.05, 4.69) is 35.2 Å². The van der Waals surface area contributed by atoms with Gasteiger partial charge < -0.3 is 5.32 Å². The molecule has 2 aliphatic rings. The summed E-state index contributed by atoms with van der Waals surface area (Å²) in [5.74, 6) is 0. The van der Waals surface area contributed by atoms with E-state index >= 15 is 0 Å². The lowest BCUT2D eigenvalue weighted by atomic mass is 9.92. The SMILES string of the molecule is CSC1CCCC(N2CCNCC2C)C1. The van der Waals surface area contributed by atoms with Gasteiger partial charge in [0.15, 0.2) is 0 Å². The Bertz CT molecular complexity index is 198. The summed E-state index contributed by atoms with van der Waals surface area (Å²) in [5.41, 5.74) is 0. The zero-order valence-electron chi connectivity index (χ0n) is 10.0. The first-order chi connectivity index (χ1) is 7.31. The molecule has 15 heavy (non-hydrogen) atoms. The van der Waals surface area contributed by atoms with Crippen LogP contribution in [0.4, 0.5) is 0 Å². The number of hydrogen-bond donors (Lipinski definition) is 1. The Kier molecular flexibility index (Phi) is 4.35. The van der Waals surface area contributed by atoms with Crippen molar-refractivity contribution < 1.29 is 0 Å². The van der Waals surface area contributed by atoms with Crippen LogP contribution < -0.4 is 5.32 Å². The van der Waals surface area contributed by atoms with E-state index in [4.69, 9.17) is 0 Å². The van der Waals surface area contributed by atoms with E-state index in [-0.39, 0.29) is 0 Å². The first-order valence-corrected chi connectivity index (χ1v) is 7.59. The van der Waals surface area contributed by atoms with Gasteiger partial charge in [-0.15, -0.1) is 0 Å². The molecule has 1 aliphatic heterocycles. The van der Waals surface area contributed by atoms with Gasteiger partial charge in [-0.1, -0.05) is 6.42 Å². The Morgan fingerprint density at radius 3 is 2.93 bits per heavy atom. The van der Waals surface area contributed by atoms with E-state index in [9.17, 15) is 0 Å². The first kappa shape index (κ1) is 11.7. The normalized spacial score (nSPS) is 39.2. The molecule has 3 unspecified atom stereocenters. The number of thioether (sulfide) groups is 1. The van der Waals surface area contributed by atoms with E-state index in [1.807, 2.05) is 0 Å². The van der Waals surface area contributed by atoms with Gasteiger partial charge in [0, 0.05) is 37.0 Å². The van der Waals surface area contributed by atoms with Crippen LogP contribution in [0.2, 0.25) is 0 Å². The summed E-state index contributed by atoms with van der Waals surface area (Å²) in [6.45, 7) is 5.99. The van der Waals surface area contributed by atoms with Crippen LogP contribution in [0.15, 0.2) is 0 Å². The highest BCUT2D eigenvalue weighted by Crippen LogP contribution is 2.30. The Hall–Kier alpha value is 0.270. The number of nitrogens with one attached hydrogen (secondary N) is 1. The molecule has 1 N–H and O–H groups in total. The lowest BCUT2D eigenvalue weighted by molar-refractivity contribution is 0.0930. The molecule has 0 aromatic rings. The Balaban J connectivity index is 1.90. The van der Waals surface area contributed by atoms with E-state index in [0.717, 1.165) is 17.3 Å². The standard InChI is InChI=1S/C12H24N2S/c1-10-9-13-6-7-14(10)11-4-3-5-12(8-11)15-2/h10-13H,3-9H2,1-2H3. The summed E-state index contributed by atoms with van der Waals surface area (Å²) in [5, 5.41) is 4.40. The number of piperazine rings is 1. The molecule has 88 valence electrons. The molecular formula is C12H24N2S. The third kappa shape index (κ3) is 2.89. The molecule has 0 spiro atoms. The van der Waals surface area contributed by atoms with Crippen LogP contribution in [-0.2, 0) is 0 Å². The van der Waals surface area contributed by atoms with Crippen molar-refractivity contribution in [1.82, 2.24) is 10.2 Å². The highest BCUT2D eigenvalue weighted by atomic mass is 32.2. The summed E-state index contributed by atoms with van der Waals surface area (Å²) < 4.78 is 0. The maximum atomic E-state index is 3.48. The number of rotatable bonds is 2. The van der Waals surface area contributed by atoms with E-state index in [1.54, 1.807) is 0 Å². The summed E-state index contributed by atoms with van der Waals surface area (Å²) >= 11 is 2.07. The molecular weight excluding hydrogens is 204 g/mol. The molecule has 0 aromatic carbocycles. The van der Waals surface area contributed by atoms with Crippen molar-refractivity contribution in [2.24, 2.45) is 0 Å². The van der Waals surface area contributed by atoms with Gasteiger partial charge in [0.25, 0.3) is 0 Å². The van der Waals surface area contributed by atoms with Crippen molar-refractivity contribution in [2.75, 3.05) is 25.9 Å². The zero-order chi connectivity index (χ0) is 10.7. The maximum Gasteiger partial charge on any atom is 0.0195 e. The molecule has 1 heterocycles. The summed E-state index contributed by atoms with van der Waals surface area (Å²) in [4.78, 5) is 2.75. The van der Waals surface area contributed by atoms with Crippen LogP contribution in [0.1, 0.15) is 32.6 Å². The Morgan fingerprint density at radius 2 is 2.20 bits per heavy atom. The van der Waals surface area contributed by atoms with Crippen molar-refractivity contribution in [2.45, 2.75) is 49.9 Å². The van der Waals surface area contributed by atoms with Gasteiger partial charge in [0.1, 0.15) is 0 Å². The lowest BCUT2D eigenvalue weighted by Crippen LogP contribution is -2.55. The molecule has 2 fully saturated rings. The van der Waals surface area contributed by atoms with Crippen LogP contribution in [0.3, 0.4) is 0 Å². The molecule has 0 aromatic heterocycles. The van der Waals surface area contributed by atoms with Gasteiger partial charge in [-0.05, 0) is 32.4 Å². The molecule has 1 saturated carbocycles. The monoisotopic (exact) mass is 228 g/mol. The zero-order valence-corrected chi connectivity index (χ0v) is 10.9. The second-order valence-corrected chi connectivity index (χ2v) is 6.11. The van der Waals surface area contributed by atoms with E-state index in [1.165, 1.54) is 45.3 Å². The van der Waals surface area contributed by atoms with Gasteiger partial charge in [0.05, 0.1) is 0 Å². The van der Waals surface area contributed by atoms with Gasteiger partial charge >= 0.3 is 0 Å². The number of nitrogens with zero attached hydrogens (tertiary/aromatic N) is 1. The van der Waals surface area contributed by atoms with Crippen LogP contribution in [-0.4, -0.2) is 48.1 Å². The second kappa shape index (κ2) is 5.55. The Labute approximate surface area is 98.2 Å². The van der Waals surface area contributed by atoms with E-state index < -0.39 is 0 Å². The average molecular weight is 228 g/mol. The fourth-order valence-corrected chi connectivity index (χ4v) is 3.85. The summed E-state index contributed by atoms with van der Waals surface area (Å²) in [6.07, 6.45) is 8.01. The molecule has 0 bridgehead atoms. The molecule has 3 atom stereocenters. The third-order valence-corrected chi connectivity index (χ3v) is 5.05. The predicted molar refractivity (Wildman–Crippen MR) is 68.6 cm³/mol. The van der Waals surface area contributed by atoms with Gasteiger partial charge in [-0.3, -0.25) is 4.90 Å². The average Bonchev–Trinajstić information content (AvgIpc) is 2.30.